The summed E-state index contributed by atoms with van der Waals surface area (Å²) in [7, 11) is 1.27. The SMILES string of the molecule is COc1cccc(-c2c(C)c(Cc3c(F)cccc3C(F)(F)F)c3n(c2=O)C(C(NCCOCC(=O)O)c2ccccc2)CS3)c1F. The first-order valence-corrected chi connectivity index (χ1v) is 15.6. The van der Waals surface area contributed by atoms with Crippen LogP contribution in [0.4, 0.5) is 22.0 Å². The summed E-state index contributed by atoms with van der Waals surface area (Å²) in [5.41, 5.74) is -1.20. The molecule has 4 aromatic rings. The van der Waals surface area contributed by atoms with Crippen molar-refractivity contribution in [3.63, 3.8) is 0 Å². The van der Waals surface area contributed by atoms with Crippen LogP contribution in [0.25, 0.3) is 11.1 Å². The number of carboxylic acids is 1. The molecule has 7 nitrogen and oxygen atoms in total. The van der Waals surface area contributed by atoms with Gasteiger partial charge in [0.2, 0.25) is 0 Å². The molecule has 0 amide bonds. The Balaban J connectivity index is 1.71. The van der Waals surface area contributed by atoms with Crippen molar-refractivity contribution >= 4 is 17.7 Å². The molecular formula is C34H31F5N2O5S. The molecule has 47 heavy (non-hydrogen) atoms. The number of aliphatic carboxylic acids is 1. The van der Waals surface area contributed by atoms with Crippen molar-refractivity contribution in [2.75, 3.05) is 32.6 Å². The molecule has 2 heterocycles. The third-order valence-electron chi connectivity index (χ3n) is 8.07. The van der Waals surface area contributed by atoms with E-state index in [0.29, 0.717) is 10.8 Å². The molecule has 0 radical (unpaired) electrons. The average Bonchev–Trinajstić information content (AvgIpc) is 3.47. The molecule has 2 unspecified atom stereocenters. The van der Waals surface area contributed by atoms with Crippen LogP contribution in [0.5, 0.6) is 5.75 Å². The summed E-state index contributed by atoms with van der Waals surface area (Å²) in [4.78, 5) is 25.4. The standard InChI is InChI=1S/C34H31F5N2O5S/c1-19-22(16-23-24(34(37,38)39)11-7-12-25(23)35)33-41(32(44)29(19)21-10-6-13-27(45-2)30(21)36)26(18-47-33)31(20-8-4-3-5-9-20)40-14-15-46-17-28(42)43/h3-13,26,31,40H,14-18H2,1-2H3,(H,42,43). The summed E-state index contributed by atoms with van der Waals surface area (Å²) in [6.07, 6.45) is -5.35. The van der Waals surface area contributed by atoms with Crippen LogP contribution in [-0.4, -0.2) is 48.3 Å². The molecule has 1 aliphatic rings. The number of methoxy groups -OCH3 is 1. The minimum atomic E-state index is -4.84. The number of carbonyl (C=O) groups is 1. The van der Waals surface area contributed by atoms with Crippen LogP contribution in [-0.2, 0) is 22.1 Å². The minimum absolute atomic E-state index is 0.0458. The van der Waals surface area contributed by atoms with Crippen LogP contribution in [0, 0.1) is 18.6 Å². The van der Waals surface area contributed by atoms with E-state index in [1.54, 1.807) is 0 Å². The summed E-state index contributed by atoms with van der Waals surface area (Å²) in [5, 5.41) is 12.6. The van der Waals surface area contributed by atoms with Gasteiger partial charge in [-0.05, 0) is 41.8 Å². The van der Waals surface area contributed by atoms with Crippen LogP contribution in [0.1, 0.15) is 39.9 Å². The maximum Gasteiger partial charge on any atom is 0.416 e. The Bertz CT molecular complexity index is 1830. The minimum Gasteiger partial charge on any atom is -0.494 e. The lowest BCUT2D eigenvalue weighted by molar-refractivity contribution is -0.142. The average molecular weight is 675 g/mol. The van der Waals surface area contributed by atoms with Crippen molar-refractivity contribution in [2.24, 2.45) is 0 Å². The summed E-state index contributed by atoms with van der Waals surface area (Å²) < 4.78 is 85.0. The van der Waals surface area contributed by atoms with Gasteiger partial charge in [-0.2, -0.15) is 13.2 Å². The van der Waals surface area contributed by atoms with E-state index in [1.165, 1.54) is 48.6 Å². The number of alkyl halides is 3. The van der Waals surface area contributed by atoms with E-state index in [-0.39, 0.29) is 41.2 Å². The molecule has 1 aromatic heterocycles. The third kappa shape index (κ3) is 7.07. The Labute approximate surface area is 271 Å². The normalized spacial score (nSPS) is 15.0. The summed E-state index contributed by atoms with van der Waals surface area (Å²) in [6.45, 7) is 1.29. The number of pyridine rings is 1. The Kier molecular flexibility index (Phi) is 10.4. The predicted molar refractivity (Wildman–Crippen MR) is 167 cm³/mol. The van der Waals surface area contributed by atoms with Gasteiger partial charge in [0.25, 0.3) is 5.56 Å². The fraction of sp³-hybridized carbons (Fsp3) is 0.294. The first kappa shape index (κ1) is 34.1. The fourth-order valence-electron chi connectivity index (χ4n) is 5.92. The highest BCUT2D eigenvalue weighted by Gasteiger charge is 2.38. The van der Waals surface area contributed by atoms with Crippen molar-refractivity contribution in [3.05, 3.63) is 117 Å². The van der Waals surface area contributed by atoms with Crippen LogP contribution >= 0.6 is 11.8 Å². The molecule has 1 aliphatic heterocycles. The van der Waals surface area contributed by atoms with E-state index in [1.807, 2.05) is 30.3 Å². The summed E-state index contributed by atoms with van der Waals surface area (Å²) >= 11 is 1.25. The number of halogens is 5. The van der Waals surface area contributed by atoms with Crippen LogP contribution < -0.4 is 15.6 Å². The highest BCUT2D eigenvalue weighted by Crippen LogP contribution is 2.45. The highest BCUT2D eigenvalue weighted by molar-refractivity contribution is 7.99. The number of hydrogen-bond donors (Lipinski definition) is 2. The molecule has 2 N–H and O–H groups in total. The summed E-state index contributed by atoms with van der Waals surface area (Å²) in [6, 6.07) is 15.0. The van der Waals surface area contributed by atoms with Crippen molar-refractivity contribution in [2.45, 2.75) is 36.6 Å². The smallest absolute Gasteiger partial charge is 0.416 e. The monoisotopic (exact) mass is 674 g/mol. The number of ether oxygens (including phenoxy) is 2. The van der Waals surface area contributed by atoms with Gasteiger partial charge in [0.05, 0.1) is 42.0 Å². The van der Waals surface area contributed by atoms with Crippen molar-refractivity contribution in [1.82, 2.24) is 9.88 Å². The maximum atomic E-state index is 15.8. The molecular weight excluding hydrogens is 643 g/mol. The first-order chi connectivity index (χ1) is 22.4. The lowest BCUT2D eigenvalue weighted by Gasteiger charge is -2.28. The van der Waals surface area contributed by atoms with Gasteiger partial charge < -0.3 is 19.9 Å². The van der Waals surface area contributed by atoms with Crippen LogP contribution in [0.3, 0.4) is 0 Å². The molecule has 0 spiro atoms. The van der Waals surface area contributed by atoms with Gasteiger partial charge in [-0.25, -0.2) is 13.6 Å². The predicted octanol–water partition coefficient (Wildman–Crippen LogP) is 6.80. The van der Waals surface area contributed by atoms with Gasteiger partial charge in [0, 0.05) is 29.8 Å². The molecule has 2 atom stereocenters. The van der Waals surface area contributed by atoms with E-state index in [2.05, 4.69) is 5.32 Å². The Morgan fingerprint density at radius 1 is 1.06 bits per heavy atom. The first-order valence-electron chi connectivity index (χ1n) is 14.6. The molecule has 0 bridgehead atoms. The molecule has 0 saturated heterocycles. The van der Waals surface area contributed by atoms with Crippen LogP contribution in [0.2, 0.25) is 0 Å². The fourth-order valence-corrected chi connectivity index (χ4v) is 7.35. The Hall–Kier alpha value is -4.20. The molecule has 13 heteroatoms. The van der Waals surface area contributed by atoms with Gasteiger partial charge in [0.15, 0.2) is 11.6 Å². The zero-order chi connectivity index (χ0) is 33.9. The second-order valence-corrected chi connectivity index (χ2v) is 11.9. The van der Waals surface area contributed by atoms with Crippen molar-refractivity contribution in [3.8, 4) is 16.9 Å². The number of benzene rings is 3. The zero-order valence-corrected chi connectivity index (χ0v) is 26.2. The van der Waals surface area contributed by atoms with Gasteiger partial charge >= 0.3 is 12.1 Å². The number of hydrogen-bond acceptors (Lipinski definition) is 6. The molecule has 5 rings (SSSR count). The topological polar surface area (TPSA) is 89.8 Å². The van der Waals surface area contributed by atoms with Gasteiger partial charge in [-0.1, -0.05) is 48.5 Å². The number of rotatable bonds is 12. The largest absolute Gasteiger partial charge is 0.494 e. The van der Waals surface area contributed by atoms with Crippen molar-refractivity contribution < 1.29 is 41.3 Å². The molecule has 3 aromatic carbocycles. The van der Waals surface area contributed by atoms with E-state index in [9.17, 15) is 22.8 Å². The number of nitrogens with one attached hydrogen (secondary N) is 1. The third-order valence-corrected chi connectivity index (χ3v) is 9.29. The quantitative estimate of drug-likeness (QED) is 0.126. The second-order valence-electron chi connectivity index (χ2n) is 10.9. The lowest BCUT2D eigenvalue weighted by atomic mass is 9.91. The second kappa shape index (κ2) is 14.3. The summed E-state index contributed by atoms with van der Waals surface area (Å²) in [5.74, 6) is -2.82. The van der Waals surface area contributed by atoms with E-state index >= 15 is 8.78 Å². The van der Waals surface area contributed by atoms with Gasteiger partial charge in [0.1, 0.15) is 12.4 Å². The number of fused-ring (bicyclic) bond motifs is 1. The van der Waals surface area contributed by atoms with Crippen molar-refractivity contribution in [1.29, 1.82) is 0 Å². The molecule has 0 fully saturated rings. The molecule has 248 valence electrons. The van der Waals surface area contributed by atoms with E-state index < -0.39 is 65.6 Å². The van der Waals surface area contributed by atoms with Gasteiger partial charge in [-0.3, -0.25) is 9.36 Å². The van der Waals surface area contributed by atoms with E-state index in [4.69, 9.17) is 14.6 Å². The van der Waals surface area contributed by atoms with E-state index in [0.717, 1.165) is 23.8 Å². The lowest BCUT2D eigenvalue weighted by Crippen LogP contribution is -2.37. The number of nitrogens with zero attached hydrogens (tertiary/aromatic N) is 1. The maximum absolute atomic E-state index is 15.8. The number of aromatic nitrogens is 1. The zero-order valence-electron chi connectivity index (χ0n) is 25.4. The Morgan fingerprint density at radius 3 is 2.47 bits per heavy atom. The molecule has 0 aliphatic carbocycles. The van der Waals surface area contributed by atoms with Gasteiger partial charge in [-0.15, -0.1) is 11.8 Å². The number of thioether (sulfide) groups is 1. The van der Waals surface area contributed by atoms with Crippen LogP contribution in [0.15, 0.2) is 76.6 Å². The molecule has 0 saturated carbocycles. The highest BCUT2D eigenvalue weighted by atomic mass is 32.2. The number of carboxylic acid groups (broad SMARTS) is 1. The Morgan fingerprint density at radius 2 is 1.79 bits per heavy atom.